The summed E-state index contributed by atoms with van der Waals surface area (Å²) in [7, 11) is -2.74. The van der Waals surface area contributed by atoms with Crippen LogP contribution in [0.15, 0.2) is 0 Å². The van der Waals surface area contributed by atoms with E-state index >= 15 is 0 Å². The minimum atomic E-state index is -2.74. The van der Waals surface area contributed by atoms with Crippen molar-refractivity contribution in [2.24, 2.45) is 5.41 Å². The normalized spacial score (nSPS) is 13.3. The third-order valence-corrected chi connectivity index (χ3v) is 2.72. The van der Waals surface area contributed by atoms with E-state index in [0.717, 1.165) is 19.3 Å². The van der Waals surface area contributed by atoms with Crippen LogP contribution in [0.5, 0.6) is 0 Å². The Bertz CT molecular complexity index is 209. The third-order valence-electron chi connectivity index (χ3n) is 1.69. The van der Waals surface area contributed by atoms with Crippen LogP contribution in [-0.2, 0) is 9.84 Å². The van der Waals surface area contributed by atoms with Gasteiger partial charge in [0.15, 0.2) is 0 Å². The van der Waals surface area contributed by atoms with Crippen molar-refractivity contribution in [3.63, 3.8) is 0 Å². The Kier molecular flexibility index (Phi) is 4.24. The van der Waals surface area contributed by atoms with E-state index in [1.54, 1.807) is 0 Å². The van der Waals surface area contributed by atoms with E-state index in [1.165, 1.54) is 6.26 Å². The van der Waals surface area contributed by atoms with Crippen molar-refractivity contribution < 1.29 is 8.42 Å². The molecule has 0 N–H and O–H groups in total. The van der Waals surface area contributed by atoms with Crippen molar-refractivity contribution in [3.05, 3.63) is 0 Å². The topological polar surface area (TPSA) is 34.1 Å². The molecule has 0 aromatic carbocycles. The van der Waals surface area contributed by atoms with Crippen LogP contribution < -0.4 is 0 Å². The first-order valence-corrected chi connectivity index (χ1v) is 6.44. The zero-order valence-corrected chi connectivity index (χ0v) is 9.37. The number of rotatable bonds is 4. The number of hydrogen-bond acceptors (Lipinski definition) is 2. The molecule has 0 spiro atoms. The summed E-state index contributed by atoms with van der Waals surface area (Å²) in [5.41, 5.74) is 0.331. The zero-order chi connectivity index (χ0) is 9.83. The van der Waals surface area contributed by atoms with Crippen LogP contribution in [0.3, 0.4) is 0 Å². The van der Waals surface area contributed by atoms with E-state index in [2.05, 4.69) is 20.8 Å². The van der Waals surface area contributed by atoms with Gasteiger partial charge >= 0.3 is 0 Å². The number of unbranched alkanes of at least 4 members (excludes halogenated alkanes) is 1. The second-order valence-electron chi connectivity index (χ2n) is 4.65. The highest BCUT2D eigenvalue weighted by Crippen LogP contribution is 2.21. The molecule has 0 atom stereocenters. The van der Waals surface area contributed by atoms with Gasteiger partial charge in [-0.05, 0) is 18.3 Å². The van der Waals surface area contributed by atoms with Gasteiger partial charge in [-0.3, -0.25) is 0 Å². The lowest BCUT2D eigenvalue weighted by atomic mass is 9.90. The Labute approximate surface area is 76.3 Å². The lowest BCUT2D eigenvalue weighted by molar-refractivity contribution is 0.363. The highest BCUT2D eigenvalue weighted by atomic mass is 32.2. The van der Waals surface area contributed by atoms with Crippen LogP contribution in [0, 0.1) is 5.41 Å². The van der Waals surface area contributed by atoms with Crippen LogP contribution in [-0.4, -0.2) is 20.4 Å². The van der Waals surface area contributed by atoms with E-state index < -0.39 is 9.84 Å². The fourth-order valence-corrected chi connectivity index (χ4v) is 1.75. The Morgan fingerprint density at radius 2 is 1.58 bits per heavy atom. The van der Waals surface area contributed by atoms with Crippen LogP contribution >= 0.6 is 0 Å². The Morgan fingerprint density at radius 1 is 1.08 bits per heavy atom. The molecule has 0 aliphatic heterocycles. The first kappa shape index (κ1) is 11.9. The molecule has 0 unspecified atom stereocenters. The largest absolute Gasteiger partial charge is 0.229 e. The quantitative estimate of drug-likeness (QED) is 0.640. The van der Waals surface area contributed by atoms with Crippen molar-refractivity contribution in [2.75, 3.05) is 12.0 Å². The van der Waals surface area contributed by atoms with E-state index in [1.807, 2.05) is 0 Å². The fraction of sp³-hybridized carbons (Fsp3) is 1.00. The molecule has 2 nitrogen and oxygen atoms in total. The molecule has 0 fully saturated rings. The summed E-state index contributed by atoms with van der Waals surface area (Å²) in [6.45, 7) is 6.52. The molecular weight excluding hydrogens is 172 g/mol. The molecule has 0 saturated heterocycles. The second-order valence-corrected chi connectivity index (χ2v) is 6.91. The maximum atomic E-state index is 10.8. The molecule has 0 saturated carbocycles. The van der Waals surface area contributed by atoms with Gasteiger partial charge in [0, 0.05) is 12.0 Å². The van der Waals surface area contributed by atoms with E-state index in [-0.39, 0.29) is 0 Å². The number of sulfone groups is 1. The molecular formula is C9H20O2S. The Balaban J connectivity index is 3.48. The van der Waals surface area contributed by atoms with Gasteiger partial charge < -0.3 is 0 Å². The average Bonchev–Trinajstić information content (AvgIpc) is 1.76. The molecule has 12 heavy (non-hydrogen) atoms. The maximum Gasteiger partial charge on any atom is 0.147 e. The van der Waals surface area contributed by atoms with Gasteiger partial charge in [0.1, 0.15) is 9.84 Å². The second kappa shape index (κ2) is 4.26. The molecule has 0 aromatic rings. The lowest BCUT2D eigenvalue weighted by Gasteiger charge is -2.17. The predicted molar refractivity (Wildman–Crippen MR) is 53.0 cm³/mol. The zero-order valence-electron chi connectivity index (χ0n) is 8.55. The summed E-state index contributed by atoms with van der Waals surface area (Å²) in [5, 5.41) is 0. The van der Waals surface area contributed by atoms with E-state index in [9.17, 15) is 8.42 Å². The predicted octanol–water partition coefficient (Wildman–Crippen LogP) is 2.25. The molecule has 0 amide bonds. The monoisotopic (exact) mass is 192 g/mol. The minimum Gasteiger partial charge on any atom is -0.229 e. The molecule has 0 radical (unpaired) electrons. The average molecular weight is 192 g/mol. The van der Waals surface area contributed by atoms with Gasteiger partial charge in [-0.15, -0.1) is 0 Å². The van der Waals surface area contributed by atoms with E-state index in [4.69, 9.17) is 0 Å². The minimum absolute atomic E-state index is 0.331. The molecule has 0 bridgehead atoms. The van der Waals surface area contributed by atoms with E-state index in [0.29, 0.717) is 11.2 Å². The van der Waals surface area contributed by atoms with Crippen molar-refractivity contribution in [2.45, 2.75) is 40.0 Å². The van der Waals surface area contributed by atoms with Crippen LogP contribution in [0.2, 0.25) is 0 Å². The van der Waals surface area contributed by atoms with Crippen LogP contribution in [0.4, 0.5) is 0 Å². The first-order chi connectivity index (χ1) is 5.21. The van der Waals surface area contributed by atoms with Crippen molar-refractivity contribution in [3.8, 4) is 0 Å². The highest BCUT2D eigenvalue weighted by molar-refractivity contribution is 7.90. The first-order valence-electron chi connectivity index (χ1n) is 4.38. The Hall–Kier alpha value is -0.0500. The fourth-order valence-electron chi connectivity index (χ4n) is 1.02. The lowest BCUT2D eigenvalue weighted by Crippen LogP contribution is -2.07. The summed E-state index contributed by atoms with van der Waals surface area (Å²) in [6.07, 6.45) is 4.21. The molecule has 0 aliphatic rings. The molecule has 0 heterocycles. The molecule has 3 heteroatoms. The summed E-state index contributed by atoms with van der Waals surface area (Å²) in [5.74, 6) is 0.336. The molecule has 74 valence electrons. The molecule has 0 aromatic heterocycles. The van der Waals surface area contributed by atoms with Crippen LogP contribution in [0.1, 0.15) is 40.0 Å². The van der Waals surface area contributed by atoms with Gasteiger partial charge in [-0.1, -0.05) is 27.2 Å². The third kappa shape index (κ3) is 9.95. The van der Waals surface area contributed by atoms with Gasteiger partial charge in [-0.2, -0.15) is 0 Å². The summed E-state index contributed by atoms with van der Waals surface area (Å²) in [6, 6.07) is 0. The highest BCUT2D eigenvalue weighted by Gasteiger charge is 2.10. The standard InChI is InChI=1S/C9H20O2S/c1-9(2,3)7-5-6-8-12(4,10)11/h5-8H2,1-4H3. The summed E-state index contributed by atoms with van der Waals surface area (Å²) in [4.78, 5) is 0. The van der Waals surface area contributed by atoms with Crippen LogP contribution in [0.25, 0.3) is 0 Å². The van der Waals surface area contributed by atoms with Gasteiger partial charge in [0.05, 0.1) is 0 Å². The van der Waals surface area contributed by atoms with Crippen molar-refractivity contribution in [1.29, 1.82) is 0 Å². The maximum absolute atomic E-state index is 10.8. The summed E-state index contributed by atoms with van der Waals surface area (Å²) >= 11 is 0. The van der Waals surface area contributed by atoms with Crippen molar-refractivity contribution in [1.82, 2.24) is 0 Å². The Morgan fingerprint density at radius 3 is 1.92 bits per heavy atom. The molecule has 0 aliphatic carbocycles. The smallest absolute Gasteiger partial charge is 0.147 e. The summed E-state index contributed by atoms with van der Waals surface area (Å²) < 4.78 is 21.5. The SMILES string of the molecule is CC(C)(C)CCCCS(C)(=O)=O. The number of hydrogen-bond donors (Lipinski definition) is 0. The van der Waals surface area contributed by atoms with Crippen molar-refractivity contribution >= 4 is 9.84 Å². The van der Waals surface area contributed by atoms with Gasteiger partial charge in [0.2, 0.25) is 0 Å². The van der Waals surface area contributed by atoms with Gasteiger partial charge in [-0.25, -0.2) is 8.42 Å². The van der Waals surface area contributed by atoms with Gasteiger partial charge in [0.25, 0.3) is 0 Å². The molecule has 0 rings (SSSR count).